The summed E-state index contributed by atoms with van der Waals surface area (Å²) in [5.74, 6) is -3.13. The van der Waals surface area contributed by atoms with Gasteiger partial charge in [-0.15, -0.1) is 0 Å². The normalized spacial score (nSPS) is 10.5. The highest BCUT2D eigenvalue weighted by Gasteiger charge is 2.18. The zero-order valence-corrected chi connectivity index (χ0v) is 11.7. The Balaban J connectivity index is 2.34. The van der Waals surface area contributed by atoms with Gasteiger partial charge >= 0.3 is 5.97 Å². The highest BCUT2D eigenvalue weighted by Crippen LogP contribution is 2.26. The summed E-state index contributed by atoms with van der Waals surface area (Å²) in [6.45, 7) is 2.25. The second-order valence-electron chi connectivity index (χ2n) is 4.88. The number of benzene rings is 2. The lowest BCUT2D eigenvalue weighted by atomic mass is 10.1. The van der Waals surface area contributed by atoms with Crippen LogP contribution in [0.4, 0.5) is 14.5 Å². The van der Waals surface area contributed by atoms with Gasteiger partial charge in [0.25, 0.3) is 0 Å². The molecule has 0 fully saturated rings. The Hall–Kier alpha value is -2.43. The van der Waals surface area contributed by atoms with Gasteiger partial charge in [0.15, 0.2) is 0 Å². The number of nitrogens with zero attached hydrogens (tertiary/aromatic N) is 1. The van der Waals surface area contributed by atoms with Gasteiger partial charge in [-0.3, -0.25) is 0 Å². The Bertz CT molecular complexity index is 663. The minimum Gasteiger partial charge on any atom is -0.478 e. The topological polar surface area (TPSA) is 40.5 Å². The lowest BCUT2D eigenvalue weighted by Crippen LogP contribution is -2.20. The summed E-state index contributed by atoms with van der Waals surface area (Å²) in [6, 6.07) is 9.21. The van der Waals surface area contributed by atoms with Crippen LogP contribution in [0.15, 0.2) is 36.4 Å². The molecule has 0 aliphatic rings. The minimum atomic E-state index is -1.36. The standard InChI is InChI=1S/C16H15F2NO2/c1-10-5-3-4-6-11(10)9-19(2)15-13(17)7-12(16(20)21)8-14(15)18/h3-8H,9H2,1-2H3,(H,20,21). The van der Waals surface area contributed by atoms with Crippen LogP contribution in [0.5, 0.6) is 0 Å². The molecule has 2 aromatic carbocycles. The molecule has 0 saturated heterocycles. The maximum atomic E-state index is 14.0. The first kappa shape index (κ1) is 15.0. The molecule has 2 aromatic rings. The summed E-state index contributed by atoms with van der Waals surface area (Å²) >= 11 is 0. The molecule has 0 aliphatic carbocycles. The molecule has 3 nitrogen and oxygen atoms in total. The number of carboxylic acids is 1. The van der Waals surface area contributed by atoms with Crippen molar-refractivity contribution >= 4 is 11.7 Å². The van der Waals surface area contributed by atoms with Gasteiger partial charge in [0.05, 0.1) is 5.56 Å². The zero-order valence-electron chi connectivity index (χ0n) is 11.7. The Morgan fingerprint density at radius 2 is 1.76 bits per heavy atom. The van der Waals surface area contributed by atoms with Gasteiger partial charge in [-0.2, -0.15) is 0 Å². The van der Waals surface area contributed by atoms with Crippen LogP contribution in [0.1, 0.15) is 21.5 Å². The van der Waals surface area contributed by atoms with E-state index < -0.39 is 23.2 Å². The third-order valence-electron chi connectivity index (χ3n) is 3.31. The third-order valence-corrected chi connectivity index (χ3v) is 3.31. The molecule has 110 valence electrons. The van der Waals surface area contributed by atoms with Crippen LogP contribution in [0.2, 0.25) is 0 Å². The SMILES string of the molecule is Cc1ccccc1CN(C)c1c(F)cc(C(=O)O)cc1F. The van der Waals surface area contributed by atoms with E-state index >= 15 is 0 Å². The number of carboxylic acid groups (broad SMARTS) is 1. The second-order valence-corrected chi connectivity index (χ2v) is 4.88. The number of hydrogen-bond acceptors (Lipinski definition) is 2. The fourth-order valence-corrected chi connectivity index (χ4v) is 2.18. The Labute approximate surface area is 121 Å². The Morgan fingerprint density at radius 1 is 1.19 bits per heavy atom. The highest BCUT2D eigenvalue weighted by molar-refractivity contribution is 5.88. The predicted molar refractivity (Wildman–Crippen MR) is 76.6 cm³/mol. The Morgan fingerprint density at radius 3 is 2.29 bits per heavy atom. The van der Waals surface area contributed by atoms with Crippen LogP contribution < -0.4 is 4.90 Å². The molecule has 21 heavy (non-hydrogen) atoms. The van der Waals surface area contributed by atoms with E-state index in [9.17, 15) is 13.6 Å². The third kappa shape index (κ3) is 3.18. The molecule has 0 spiro atoms. The molecule has 0 unspecified atom stereocenters. The monoisotopic (exact) mass is 291 g/mol. The molecule has 0 radical (unpaired) electrons. The molecule has 0 amide bonds. The molecule has 0 aliphatic heterocycles. The number of halogens is 2. The van der Waals surface area contributed by atoms with Crippen molar-refractivity contribution in [1.29, 1.82) is 0 Å². The van der Waals surface area contributed by atoms with E-state index in [-0.39, 0.29) is 5.69 Å². The van der Waals surface area contributed by atoms with E-state index in [2.05, 4.69) is 0 Å². The fourth-order valence-electron chi connectivity index (χ4n) is 2.18. The van der Waals surface area contributed by atoms with Crippen LogP contribution in [0, 0.1) is 18.6 Å². The Kier molecular flexibility index (Phi) is 4.21. The molecule has 5 heteroatoms. The number of rotatable bonds is 4. The zero-order chi connectivity index (χ0) is 15.6. The van der Waals surface area contributed by atoms with Crippen molar-refractivity contribution in [3.8, 4) is 0 Å². The summed E-state index contributed by atoms with van der Waals surface area (Å²) in [5, 5.41) is 8.79. The van der Waals surface area contributed by atoms with E-state index in [0.717, 1.165) is 23.3 Å². The average molecular weight is 291 g/mol. The van der Waals surface area contributed by atoms with Crippen molar-refractivity contribution in [3.63, 3.8) is 0 Å². The number of aromatic carboxylic acids is 1. The molecule has 0 aromatic heterocycles. The molecule has 0 atom stereocenters. The molecular formula is C16H15F2NO2. The number of carbonyl (C=O) groups is 1. The molecule has 2 rings (SSSR count). The van der Waals surface area contributed by atoms with Crippen LogP contribution >= 0.6 is 0 Å². The molecule has 1 N–H and O–H groups in total. The first-order valence-corrected chi connectivity index (χ1v) is 6.38. The van der Waals surface area contributed by atoms with E-state index in [1.807, 2.05) is 31.2 Å². The van der Waals surface area contributed by atoms with E-state index in [1.165, 1.54) is 4.90 Å². The van der Waals surface area contributed by atoms with Crippen molar-refractivity contribution in [2.45, 2.75) is 13.5 Å². The van der Waals surface area contributed by atoms with Crippen LogP contribution in [0.25, 0.3) is 0 Å². The number of aryl methyl sites for hydroxylation is 1. The van der Waals surface area contributed by atoms with Gasteiger partial charge < -0.3 is 10.0 Å². The summed E-state index contributed by atoms with van der Waals surface area (Å²) in [7, 11) is 1.56. The predicted octanol–water partition coefficient (Wildman–Crippen LogP) is 3.61. The number of anilines is 1. The van der Waals surface area contributed by atoms with Gasteiger partial charge in [0.2, 0.25) is 0 Å². The summed E-state index contributed by atoms with van der Waals surface area (Å²) in [6.07, 6.45) is 0. The van der Waals surface area contributed by atoms with Crippen LogP contribution in [-0.2, 0) is 6.54 Å². The van der Waals surface area contributed by atoms with E-state index in [0.29, 0.717) is 6.54 Å². The van der Waals surface area contributed by atoms with Crippen LogP contribution in [0.3, 0.4) is 0 Å². The highest BCUT2D eigenvalue weighted by atomic mass is 19.1. The maximum absolute atomic E-state index is 14.0. The molecule has 0 heterocycles. The van der Waals surface area contributed by atoms with Crippen molar-refractivity contribution in [1.82, 2.24) is 0 Å². The summed E-state index contributed by atoms with van der Waals surface area (Å²) in [4.78, 5) is 12.2. The average Bonchev–Trinajstić information content (AvgIpc) is 2.40. The minimum absolute atomic E-state index is 0.233. The van der Waals surface area contributed by atoms with E-state index in [4.69, 9.17) is 5.11 Å². The van der Waals surface area contributed by atoms with E-state index in [1.54, 1.807) is 7.05 Å². The first-order chi connectivity index (χ1) is 9.90. The summed E-state index contributed by atoms with van der Waals surface area (Å²) in [5.41, 5.74) is 1.33. The first-order valence-electron chi connectivity index (χ1n) is 6.38. The van der Waals surface area contributed by atoms with Crippen molar-refractivity contribution < 1.29 is 18.7 Å². The largest absolute Gasteiger partial charge is 0.478 e. The van der Waals surface area contributed by atoms with Crippen molar-refractivity contribution in [2.24, 2.45) is 0 Å². The summed E-state index contributed by atoms with van der Waals surface area (Å²) < 4.78 is 28.0. The number of hydrogen-bond donors (Lipinski definition) is 1. The fraction of sp³-hybridized carbons (Fsp3) is 0.188. The van der Waals surface area contributed by atoms with Gasteiger partial charge in [-0.1, -0.05) is 24.3 Å². The maximum Gasteiger partial charge on any atom is 0.335 e. The molecular weight excluding hydrogens is 276 g/mol. The van der Waals surface area contributed by atoms with Gasteiger partial charge in [-0.25, -0.2) is 13.6 Å². The lowest BCUT2D eigenvalue weighted by molar-refractivity contribution is 0.0695. The lowest BCUT2D eigenvalue weighted by Gasteiger charge is -2.22. The van der Waals surface area contributed by atoms with Crippen molar-refractivity contribution in [2.75, 3.05) is 11.9 Å². The van der Waals surface area contributed by atoms with Gasteiger partial charge in [0, 0.05) is 13.6 Å². The molecule has 0 bridgehead atoms. The van der Waals surface area contributed by atoms with Crippen LogP contribution in [-0.4, -0.2) is 18.1 Å². The molecule has 0 saturated carbocycles. The quantitative estimate of drug-likeness (QED) is 0.935. The smallest absolute Gasteiger partial charge is 0.335 e. The second kappa shape index (κ2) is 5.91. The van der Waals surface area contributed by atoms with Gasteiger partial charge in [-0.05, 0) is 30.2 Å². The van der Waals surface area contributed by atoms with Crippen molar-refractivity contribution in [3.05, 3.63) is 64.7 Å². The van der Waals surface area contributed by atoms with Gasteiger partial charge in [0.1, 0.15) is 17.3 Å².